The molecule has 1 aromatic heterocycles. The summed E-state index contributed by atoms with van der Waals surface area (Å²) < 4.78 is 0. The number of hydrogen-bond acceptors (Lipinski definition) is 3. The van der Waals surface area contributed by atoms with Crippen molar-refractivity contribution in [1.82, 2.24) is 10.3 Å². The Morgan fingerprint density at radius 1 is 1.33 bits per heavy atom. The van der Waals surface area contributed by atoms with E-state index < -0.39 is 6.10 Å². The Morgan fingerprint density at radius 2 is 2.00 bits per heavy atom. The van der Waals surface area contributed by atoms with Gasteiger partial charge in [0.15, 0.2) is 0 Å². The van der Waals surface area contributed by atoms with Crippen LogP contribution in [0.25, 0.3) is 0 Å². The molecule has 2 rings (SSSR count). The third-order valence-corrected chi connectivity index (χ3v) is 3.05. The van der Waals surface area contributed by atoms with Gasteiger partial charge in [-0.05, 0) is 30.5 Å². The molecule has 1 aliphatic rings. The molecule has 1 atom stereocenters. The Morgan fingerprint density at radius 3 is 2.67 bits per heavy atom. The standard InChI is InChI=1S/C12H18N2O/c15-12(10-5-7-13-8-6-10)9-14-11-3-1-2-4-11/h5-8,11-12,14-15H,1-4,9H2. The second kappa shape index (κ2) is 5.24. The summed E-state index contributed by atoms with van der Waals surface area (Å²) in [4.78, 5) is 3.93. The molecule has 0 amide bonds. The van der Waals surface area contributed by atoms with E-state index in [1.54, 1.807) is 12.4 Å². The van der Waals surface area contributed by atoms with Crippen LogP contribution in [0.1, 0.15) is 37.4 Å². The first-order valence-electron chi connectivity index (χ1n) is 5.67. The van der Waals surface area contributed by atoms with E-state index in [2.05, 4.69) is 10.3 Å². The fraction of sp³-hybridized carbons (Fsp3) is 0.583. The number of rotatable bonds is 4. The highest BCUT2D eigenvalue weighted by Crippen LogP contribution is 2.18. The predicted molar refractivity (Wildman–Crippen MR) is 59.5 cm³/mol. The largest absolute Gasteiger partial charge is 0.387 e. The van der Waals surface area contributed by atoms with Crippen LogP contribution in [0.3, 0.4) is 0 Å². The molecule has 82 valence electrons. The van der Waals surface area contributed by atoms with Gasteiger partial charge in [-0.25, -0.2) is 0 Å². The van der Waals surface area contributed by atoms with Crippen LogP contribution < -0.4 is 5.32 Å². The average molecular weight is 206 g/mol. The van der Waals surface area contributed by atoms with Crippen molar-refractivity contribution in [3.8, 4) is 0 Å². The van der Waals surface area contributed by atoms with Gasteiger partial charge in [0.25, 0.3) is 0 Å². The van der Waals surface area contributed by atoms with Crippen molar-refractivity contribution in [2.45, 2.75) is 37.8 Å². The van der Waals surface area contributed by atoms with Crippen LogP contribution in [-0.2, 0) is 0 Å². The van der Waals surface area contributed by atoms with E-state index in [1.807, 2.05) is 12.1 Å². The maximum absolute atomic E-state index is 9.89. The van der Waals surface area contributed by atoms with E-state index in [9.17, 15) is 5.11 Å². The fourth-order valence-electron chi connectivity index (χ4n) is 2.11. The lowest BCUT2D eigenvalue weighted by Gasteiger charge is -2.16. The second-order valence-electron chi connectivity index (χ2n) is 4.19. The van der Waals surface area contributed by atoms with Crippen molar-refractivity contribution in [2.75, 3.05) is 6.54 Å². The Balaban J connectivity index is 1.79. The van der Waals surface area contributed by atoms with E-state index in [1.165, 1.54) is 25.7 Å². The molecule has 1 fully saturated rings. The van der Waals surface area contributed by atoms with Gasteiger partial charge in [0, 0.05) is 25.0 Å². The van der Waals surface area contributed by atoms with E-state index in [0.717, 1.165) is 5.56 Å². The Bertz CT molecular complexity index is 283. The fourth-order valence-corrected chi connectivity index (χ4v) is 2.11. The first kappa shape index (κ1) is 10.6. The van der Waals surface area contributed by atoms with E-state index in [4.69, 9.17) is 0 Å². The van der Waals surface area contributed by atoms with Crippen LogP contribution in [0.2, 0.25) is 0 Å². The molecule has 1 heterocycles. The minimum Gasteiger partial charge on any atom is -0.387 e. The third-order valence-electron chi connectivity index (χ3n) is 3.05. The number of hydrogen-bond donors (Lipinski definition) is 2. The zero-order chi connectivity index (χ0) is 10.5. The van der Waals surface area contributed by atoms with Crippen LogP contribution in [0.4, 0.5) is 0 Å². The van der Waals surface area contributed by atoms with E-state index >= 15 is 0 Å². The Hall–Kier alpha value is -0.930. The van der Waals surface area contributed by atoms with Crippen molar-refractivity contribution < 1.29 is 5.11 Å². The molecule has 3 heteroatoms. The maximum atomic E-state index is 9.89. The quantitative estimate of drug-likeness (QED) is 0.787. The van der Waals surface area contributed by atoms with Crippen molar-refractivity contribution in [3.05, 3.63) is 30.1 Å². The van der Waals surface area contributed by atoms with Crippen molar-refractivity contribution >= 4 is 0 Å². The topological polar surface area (TPSA) is 45.1 Å². The van der Waals surface area contributed by atoms with Gasteiger partial charge in [0.1, 0.15) is 0 Å². The van der Waals surface area contributed by atoms with Crippen LogP contribution >= 0.6 is 0 Å². The molecule has 15 heavy (non-hydrogen) atoms. The van der Waals surface area contributed by atoms with Gasteiger partial charge in [-0.1, -0.05) is 12.8 Å². The highest BCUT2D eigenvalue weighted by atomic mass is 16.3. The highest BCUT2D eigenvalue weighted by molar-refractivity contribution is 5.13. The summed E-state index contributed by atoms with van der Waals surface area (Å²) in [6.07, 6.45) is 8.18. The zero-order valence-electron chi connectivity index (χ0n) is 8.89. The van der Waals surface area contributed by atoms with Gasteiger partial charge in [-0.3, -0.25) is 4.98 Å². The van der Waals surface area contributed by atoms with Gasteiger partial charge in [0.2, 0.25) is 0 Å². The minimum absolute atomic E-state index is 0.409. The predicted octanol–water partition coefficient (Wildman–Crippen LogP) is 1.65. The molecule has 2 N–H and O–H groups in total. The number of aliphatic hydroxyl groups excluding tert-OH is 1. The molecule has 0 spiro atoms. The summed E-state index contributed by atoms with van der Waals surface area (Å²) in [6.45, 7) is 0.648. The van der Waals surface area contributed by atoms with Gasteiger partial charge in [0.05, 0.1) is 6.10 Å². The molecule has 0 aliphatic heterocycles. The molecular formula is C12H18N2O. The highest BCUT2D eigenvalue weighted by Gasteiger charge is 2.15. The summed E-state index contributed by atoms with van der Waals surface area (Å²) >= 11 is 0. The summed E-state index contributed by atoms with van der Waals surface area (Å²) in [5.41, 5.74) is 0.940. The number of nitrogens with zero attached hydrogens (tertiary/aromatic N) is 1. The smallest absolute Gasteiger partial charge is 0.0915 e. The molecule has 1 saturated carbocycles. The van der Waals surface area contributed by atoms with E-state index in [0.29, 0.717) is 12.6 Å². The molecular weight excluding hydrogens is 188 g/mol. The average Bonchev–Trinajstić information content (AvgIpc) is 2.80. The third kappa shape index (κ3) is 3.01. The lowest BCUT2D eigenvalue weighted by molar-refractivity contribution is 0.170. The monoisotopic (exact) mass is 206 g/mol. The lowest BCUT2D eigenvalue weighted by atomic mass is 10.1. The normalized spacial score (nSPS) is 19.3. The molecule has 1 aromatic rings. The number of aliphatic hydroxyl groups is 1. The number of pyridine rings is 1. The second-order valence-corrected chi connectivity index (χ2v) is 4.19. The molecule has 1 unspecified atom stereocenters. The molecule has 0 aromatic carbocycles. The van der Waals surface area contributed by atoms with Gasteiger partial charge < -0.3 is 10.4 Å². The lowest BCUT2D eigenvalue weighted by Crippen LogP contribution is -2.30. The van der Waals surface area contributed by atoms with Crippen molar-refractivity contribution in [3.63, 3.8) is 0 Å². The minimum atomic E-state index is -0.409. The van der Waals surface area contributed by atoms with Gasteiger partial charge >= 0.3 is 0 Å². The van der Waals surface area contributed by atoms with Crippen molar-refractivity contribution in [1.29, 1.82) is 0 Å². The molecule has 0 bridgehead atoms. The summed E-state index contributed by atoms with van der Waals surface area (Å²) in [6, 6.07) is 4.34. The number of nitrogens with one attached hydrogen (secondary N) is 1. The Labute approximate surface area is 90.5 Å². The van der Waals surface area contributed by atoms with Crippen molar-refractivity contribution in [2.24, 2.45) is 0 Å². The van der Waals surface area contributed by atoms with Gasteiger partial charge in [-0.2, -0.15) is 0 Å². The van der Waals surface area contributed by atoms with E-state index in [-0.39, 0.29) is 0 Å². The summed E-state index contributed by atoms with van der Waals surface area (Å²) in [5.74, 6) is 0. The first-order valence-corrected chi connectivity index (χ1v) is 5.67. The summed E-state index contributed by atoms with van der Waals surface area (Å²) in [5, 5.41) is 13.3. The Kier molecular flexibility index (Phi) is 3.69. The summed E-state index contributed by atoms with van der Waals surface area (Å²) in [7, 11) is 0. The zero-order valence-corrected chi connectivity index (χ0v) is 8.89. The first-order chi connectivity index (χ1) is 7.36. The van der Waals surface area contributed by atoms with Crippen LogP contribution in [0, 0.1) is 0 Å². The van der Waals surface area contributed by atoms with Gasteiger partial charge in [-0.15, -0.1) is 0 Å². The van der Waals surface area contributed by atoms with Crippen LogP contribution in [-0.4, -0.2) is 22.7 Å². The molecule has 0 radical (unpaired) electrons. The molecule has 1 aliphatic carbocycles. The number of aromatic nitrogens is 1. The SMILES string of the molecule is OC(CNC1CCCC1)c1ccncc1. The van der Waals surface area contributed by atoms with Crippen LogP contribution in [0.15, 0.2) is 24.5 Å². The maximum Gasteiger partial charge on any atom is 0.0915 e. The van der Waals surface area contributed by atoms with Crippen LogP contribution in [0.5, 0.6) is 0 Å². The molecule has 3 nitrogen and oxygen atoms in total. The molecule has 0 saturated heterocycles.